The molecule has 0 bridgehead atoms. The Balaban J connectivity index is 1.88. The van der Waals surface area contributed by atoms with Gasteiger partial charge in [-0.25, -0.2) is 22.9 Å². The lowest BCUT2D eigenvalue weighted by atomic mass is 10.3. The number of sulfonamides is 1. The van der Waals surface area contributed by atoms with Crippen molar-refractivity contribution in [3.8, 4) is 0 Å². The molecule has 2 rings (SSSR count). The molecule has 0 spiro atoms. The number of carboxylic acid groups (broad SMARTS) is 1. The van der Waals surface area contributed by atoms with Crippen LogP contribution in [-0.4, -0.2) is 36.0 Å². The van der Waals surface area contributed by atoms with E-state index < -0.39 is 16.0 Å². The number of carbonyl (C=O) groups is 1. The molecule has 0 aromatic carbocycles. The highest BCUT2D eigenvalue weighted by atomic mass is 32.2. The lowest BCUT2D eigenvalue weighted by Crippen LogP contribution is -2.24. The number of thiophene rings is 1. The highest BCUT2D eigenvalue weighted by molar-refractivity contribution is 7.89. The van der Waals surface area contributed by atoms with Gasteiger partial charge in [-0.3, -0.25) is 0 Å². The number of aryl methyl sites for hydroxylation is 1. The second-order valence-corrected chi connectivity index (χ2v) is 6.67. The largest absolute Gasteiger partial charge is 0.477 e. The van der Waals surface area contributed by atoms with Crippen molar-refractivity contribution >= 4 is 27.3 Å². The molecule has 108 valence electrons. The summed E-state index contributed by atoms with van der Waals surface area (Å²) in [5, 5.41) is 10.1. The van der Waals surface area contributed by atoms with E-state index in [2.05, 4.69) is 14.7 Å². The van der Waals surface area contributed by atoms with Crippen molar-refractivity contribution < 1.29 is 18.3 Å². The van der Waals surface area contributed by atoms with Gasteiger partial charge >= 0.3 is 5.97 Å². The number of nitrogens with zero attached hydrogens (tertiary/aromatic N) is 1. The van der Waals surface area contributed by atoms with Gasteiger partial charge in [0.15, 0.2) is 0 Å². The van der Waals surface area contributed by atoms with Crippen LogP contribution in [0.15, 0.2) is 28.7 Å². The number of hydrogen-bond acceptors (Lipinski definition) is 5. The summed E-state index contributed by atoms with van der Waals surface area (Å²) in [4.78, 5) is 17.7. The van der Waals surface area contributed by atoms with Crippen LogP contribution in [0.2, 0.25) is 0 Å². The number of imidazole rings is 1. The first-order valence-electron chi connectivity index (χ1n) is 5.79. The Morgan fingerprint density at radius 1 is 1.50 bits per heavy atom. The zero-order valence-electron chi connectivity index (χ0n) is 10.4. The minimum absolute atomic E-state index is 0.000889. The molecule has 0 saturated carbocycles. The Bertz CT molecular complexity index is 676. The molecule has 0 atom stereocenters. The van der Waals surface area contributed by atoms with E-state index in [4.69, 9.17) is 5.11 Å². The first-order valence-corrected chi connectivity index (χ1v) is 8.15. The first kappa shape index (κ1) is 14.7. The number of hydrogen-bond donors (Lipinski definition) is 3. The lowest BCUT2D eigenvalue weighted by molar-refractivity contribution is 0.0702. The van der Waals surface area contributed by atoms with Crippen LogP contribution < -0.4 is 4.72 Å². The predicted octanol–water partition coefficient (Wildman–Crippen LogP) is 1.08. The molecule has 0 aliphatic heterocycles. The topological polar surface area (TPSA) is 112 Å². The van der Waals surface area contributed by atoms with Crippen molar-refractivity contribution in [3.05, 3.63) is 34.5 Å². The predicted molar refractivity (Wildman–Crippen MR) is 73.4 cm³/mol. The van der Waals surface area contributed by atoms with Crippen LogP contribution in [0.5, 0.6) is 0 Å². The molecule has 0 saturated heterocycles. The van der Waals surface area contributed by atoms with Gasteiger partial charge in [-0.2, -0.15) is 0 Å². The molecule has 9 heteroatoms. The molecule has 2 aromatic heterocycles. The summed E-state index contributed by atoms with van der Waals surface area (Å²) in [7, 11) is -3.65. The molecule has 2 aromatic rings. The van der Waals surface area contributed by atoms with E-state index in [1.807, 2.05) is 0 Å². The van der Waals surface area contributed by atoms with Crippen molar-refractivity contribution in [2.24, 2.45) is 0 Å². The van der Waals surface area contributed by atoms with Crippen LogP contribution in [0.3, 0.4) is 0 Å². The molecule has 0 aliphatic rings. The molecular weight excluding hydrogens is 302 g/mol. The monoisotopic (exact) mass is 315 g/mol. The van der Waals surface area contributed by atoms with Gasteiger partial charge in [0.05, 0.1) is 4.90 Å². The standard InChI is InChI=1S/C11H13N3O4S2/c15-11(16)9-6-8(7-19-9)20(17,18)14-3-1-2-10-12-4-5-13-10/h4-7,14H,1-3H2,(H,12,13)(H,15,16). The lowest BCUT2D eigenvalue weighted by Gasteiger charge is -2.03. The second kappa shape index (κ2) is 6.16. The van der Waals surface area contributed by atoms with Crippen LogP contribution in [0.4, 0.5) is 0 Å². The van der Waals surface area contributed by atoms with Gasteiger partial charge in [-0.15, -0.1) is 11.3 Å². The minimum Gasteiger partial charge on any atom is -0.477 e. The van der Waals surface area contributed by atoms with E-state index in [-0.39, 0.29) is 16.3 Å². The number of aromatic nitrogens is 2. The molecule has 3 N–H and O–H groups in total. The van der Waals surface area contributed by atoms with E-state index >= 15 is 0 Å². The van der Waals surface area contributed by atoms with Gasteiger partial charge in [0.1, 0.15) is 10.7 Å². The molecule has 7 nitrogen and oxygen atoms in total. The summed E-state index contributed by atoms with van der Waals surface area (Å²) in [5.41, 5.74) is 0. The van der Waals surface area contributed by atoms with E-state index in [1.54, 1.807) is 12.4 Å². The SMILES string of the molecule is O=C(O)c1cc(S(=O)(=O)NCCCc2ncc[nH]2)cs1. The molecule has 0 radical (unpaired) electrons. The second-order valence-electron chi connectivity index (χ2n) is 3.99. The first-order chi connectivity index (χ1) is 9.49. The van der Waals surface area contributed by atoms with Crippen molar-refractivity contribution in [1.29, 1.82) is 0 Å². The van der Waals surface area contributed by atoms with Crippen molar-refractivity contribution in [3.63, 3.8) is 0 Å². The van der Waals surface area contributed by atoms with Gasteiger partial charge in [0.25, 0.3) is 0 Å². The van der Waals surface area contributed by atoms with E-state index in [1.165, 1.54) is 5.38 Å². The van der Waals surface area contributed by atoms with Crippen molar-refractivity contribution in [2.75, 3.05) is 6.54 Å². The van der Waals surface area contributed by atoms with Crippen LogP contribution in [0.25, 0.3) is 0 Å². The molecule has 0 unspecified atom stereocenters. The van der Waals surface area contributed by atoms with E-state index in [0.717, 1.165) is 23.2 Å². The number of rotatable bonds is 7. The quantitative estimate of drug-likeness (QED) is 0.662. The Morgan fingerprint density at radius 3 is 2.90 bits per heavy atom. The van der Waals surface area contributed by atoms with Crippen molar-refractivity contribution in [1.82, 2.24) is 14.7 Å². The molecule has 0 amide bonds. The Kier molecular flexibility index (Phi) is 4.53. The van der Waals surface area contributed by atoms with Gasteiger partial charge in [0.2, 0.25) is 10.0 Å². The summed E-state index contributed by atoms with van der Waals surface area (Å²) in [5.74, 6) is -0.331. The summed E-state index contributed by atoms with van der Waals surface area (Å²) in [6, 6.07) is 1.15. The molecule has 2 heterocycles. The Morgan fingerprint density at radius 2 is 2.30 bits per heavy atom. The average Bonchev–Trinajstić information content (AvgIpc) is 3.05. The van der Waals surface area contributed by atoms with Crippen LogP contribution in [-0.2, 0) is 16.4 Å². The average molecular weight is 315 g/mol. The zero-order valence-corrected chi connectivity index (χ0v) is 12.0. The van der Waals surface area contributed by atoms with Gasteiger partial charge < -0.3 is 10.1 Å². The maximum atomic E-state index is 11.9. The highest BCUT2D eigenvalue weighted by Crippen LogP contribution is 2.19. The third kappa shape index (κ3) is 3.65. The van der Waals surface area contributed by atoms with Gasteiger partial charge in [0, 0.05) is 30.7 Å². The maximum absolute atomic E-state index is 11.9. The molecule has 0 fully saturated rings. The normalized spacial score (nSPS) is 11.6. The molecule has 20 heavy (non-hydrogen) atoms. The number of nitrogens with one attached hydrogen (secondary N) is 2. The zero-order chi connectivity index (χ0) is 14.6. The van der Waals surface area contributed by atoms with Gasteiger partial charge in [-0.05, 0) is 12.5 Å². The van der Waals surface area contributed by atoms with Crippen LogP contribution >= 0.6 is 11.3 Å². The fraction of sp³-hybridized carbons (Fsp3) is 0.273. The minimum atomic E-state index is -3.65. The van der Waals surface area contributed by atoms with Crippen LogP contribution in [0, 0.1) is 0 Å². The van der Waals surface area contributed by atoms with E-state index in [9.17, 15) is 13.2 Å². The Hall–Kier alpha value is -1.71. The summed E-state index contributed by atoms with van der Waals surface area (Å²) in [6.07, 6.45) is 4.58. The fourth-order valence-electron chi connectivity index (χ4n) is 1.55. The number of carboxylic acids is 1. The smallest absolute Gasteiger partial charge is 0.345 e. The molecular formula is C11H13N3O4S2. The fourth-order valence-corrected chi connectivity index (χ4v) is 3.74. The van der Waals surface area contributed by atoms with E-state index in [0.29, 0.717) is 12.8 Å². The summed E-state index contributed by atoms with van der Waals surface area (Å²) in [6.45, 7) is 0.265. The number of aromatic carboxylic acids is 1. The summed E-state index contributed by atoms with van der Waals surface area (Å²) < 4.78 is 26.3. The summed E-state index contributed by atoms with van der Waals surface area (Å²) >= 11 is 0.888. The Labute approximate surface area is 119 Å². The highest BCUT2D eigenvalue weighted by Gasteiger charge is 2.17. The third-order valence-corrected chi connectivity index (χ3v) is 5.04. The maximum Gasteiger partial charge on any atom is 0.345 e. The van der Waals surface area contributed by atoms with Crippen LogP contribution in [0.1, 0.15) is 21.9 Å². The molecule has 0 aliphatic carbocycles. The van der Waals surface area contributed by atoms with Crippen molar-refractivity contribution in [2.45, 2.75) is 17.7 Å². The third-order valence-electron chi connectivity index (χ3n) is 2.53. The van der Waals surface area contributed by atoms with Gasteiger partial charge in [-0.1, -0.05) is 0 Å². The number of H-pyrrole nitrogens is 1. The number of aromatic amines is 1.